The Kier molecular flexibility index (Phi) is 8.25. The summed E-state index contributed by atoms with van der Waals surface area (Å²) in [5, 5.41) is 5.71. The summed E-state index contributed by atoms with van der Waals surface area (Å²) >= 11 is 0. The average molecular weight is 514 g/mol. The number of fused-ring (bicyclic) bond motifs is 1. The second-order valence-corrected chi connectivity index (χ2v) is 10.6. The number of carbonyl (C=O) groups excluding carboxylic acids is 3. The molecule has 3 amide bonds. The molecule has 1 aliphatic heterocycles. The minimum Gasteiger partial charge on any atom is -0.454 e. The van der Waals surface area contributed by atoms with E-state index in [1.807, 2.05) is 25.1 Å². The maximum absolute atomic E-state index is 13.3. The van der Waals surface area contributed by atoms with Crippen molar-refractivity contribution >= 4 is 39.9 Å². The number of ether oxygens (including phenoxy) is 2. The number of aryl methyl sites for hydroxylation is 1. The Labute approximate surface area is 213 Å². The topological polar surface area (TPSA) is 114 Å². The standard InChI is InChI=1S/C26H31N3O6S/c1-17-6-5-9-21(12-17)29(18(2)26(32)28-19-7-3-4-8-19)25(31)15-36(33)14-24(30)27-20-10-11-22-23(13-20)35-16-34-22/h5-6,9-13,18-19H,3-4,7-8,14-16H2,1-2H3,(H,27,30)(H,28,32)/t18-,36-/m0/s1. The van der Waals surface area contributed by atoms with Gasteiger partial charge in [-0.1, -0.05) is 25.0 Å². The van der Waals surface area contributed by atoms with E-state index >= 15 is 0 Å². The van der Waals surface area contributed by atoms with Crippen LogP contribution in [0.5, 0.6) is 11.5 Å². The van der Waals surface area contributed by atoms with E-state index in [2.05, 4.69) is 10.6 Å². The largest absolute Gasteiger partial charge is 0.454 e. The molecular weight excluding hydrogens is 482 g/mol. The van der Waals surface area contributed by atoms with E-state index < -0.39 is 28.7 Å². The van der Waals surface area contributed by atoms with Crippen molar-refractivity contribution in [2.45, 2.75) is 51.6 Å². The number of hydrogen-bond acceptors (Lipinski definition) is 6. The van der Waals surface area contributed by atoms with Crippen LogP contribution in [0.15, 0.2) is 42.5 Å². The van der Waals surface area contributed by atoms with Crippen LogP contribution in [0.25, 0.3) is 0 Å². The zero-order chi connectivity index (χ0) is 25.7. The Hall–Kier alpha value is -3.40. The summed E-state index contributed by atoms with van der Waals surface area (Å²) < 4.78 is 23.3. The third-order valence-electron chi connectivity index (χ3n) is 6.25. The second kappa shape index (κ2) is 11.6. The van der Waals surface area contributed by atoms with Gasteiger partial charge in [-0.05, 0) is 56.5 Å². The molecule has 2 aromatic carbocycles. The zero-order valence-corrected chi connectivity index (χ0v) is 21.3. The lowest BCUT2D eigenvalue weighted by molar-refractivity contribution is -0.125. The van der Waals surface area contributed by atoms with Gasteiger partial charge in [-0.15, -0.1) is 0 Å². The van der Waals surface area contributed by atoms with Gasteiger partial charge in [0.2, 0.25) is 24.5 Å². The SMILES string of the molecule is Cc1cccc(N(C(=O)C[S@@](=O)CC(=O)Nc2ccc3c(c2)OCO3)[C@@H](C)C(=O)NC2CCCC2)c1. The van der Waals surface area contributed by atoms with Crippen LogP contribution in [0.3, 0.4) is 0 Å². The molecule has 1 heterocycles. The minimum absolute atomic E-state index is 0.114. The molecule has 1 fully saturated rings. The molecule has 10 heteroatoms. The Bertz CT molecular complexity index is 1160. The first-order valence-electron chi connectivity index (χ1n) is 12.0. The molecule has 0 spiro atoms. The Balaban J connectivity index is 1.40. The molecule has 2 atom stereocenters. The summed E-state index contributed by atoms with van der Waals surface area (Å²) in [5.74, 6) is -0.859. The molecule has 0 radical (unpaired) electrons. The van der Waals surface area contributed by atoms with Crippen LogP contribution < -0.4 is 25.0 Å². The number of benzene rings is 2. The fourth-order valence-electron chi connectivity index (χ4n) is 4.45. The number of hydrogen-bond donors (Lipinski definition) is 2. The number of rotatable bonds is 9. The van der Waals surface area contributed by atoms with Crippen LogP contribution in [-0.4, -0.2) is 52.3 Å². The first-order chi connectivity index (χ1) is 17.3. The number of nitrogens with one attached hydrogen (secondary N) is 2. The first-order valence-corrected chi connectivity index (χ1v) is 13.5. The molecule has 2 aliphatic rings. The highest BCUT2D eigenvalue weighted by atomic mass is 32.2. The fourth-order valence-corrected chi connectivity index (χ4v) is 5.33. The monoisotopic (exact) mass is 513 g/mol. The van der Waals surface area contributed by atoms with Crippen molar-refractivity contribution in [3.05, 3.63) is 48.0 Å². The molecular formula is C26H31N3O6S. The number of anilines is 2. The van der Waals surface area contributed by atoms with E-state index in [0.29, 0.717) is 22.9 Å². The molecule has 1 saturated carbocycles. The molecule has 192 valence electrons. The highest BCUT2D eigenvalue weighted by molar-refractivity contribution is 7.86. The third kappa shape index (κ3) is 6.42. The van der Waals surface area contributed by atoms with Crippen LogP contribution in [0, 0.1) is 6.92 Å². The van der Waals surface area contributed by atoms with Gasteiger partial charge in [0.15, 0.2) is 11.5 Å². The van der Waals surface area contributed by atoms with Crippen molar-refractivity contribution in [1.82, 2.24) is 5.32 Å². The lowest BCUT2D eigenvalue weighted by Crippen LogP contribution is -2.51. The van der Waals surface area contributed by atoms with Crippen molar-refractivity contribution < 1.29 is 28.1 Å². The van der Waals surface area contributed by atoms with Gasteiger partial charge in [-0.2, -0.15) is 0 Å². The third-order valence-corrected chi connectivity index (χ3v) is 7.40. The van der Waals surface area contributed by atoms with Gasteiger partial charge >= 0.3 is 0 Å². The van der Waals surface area contributed by atoms with E-state index in [1.54, 1.807) is 31.2 Å². The number of nitrogens with zero attached hydrogens (tertiary/aromatic N) is 1. The van der Waals surface area contributed by atoms with E-state index in [9.17, 15) is 18.6 Å². The molecule has 0 bridgehead atoms. The molecule has 1 aliphatic carbocycles. The Morgan fingerprint density at radius 2 is 1.81 bits per heavy atom. The molecule has 0 unspecified atom stereocenters. The Morgan fingerprint density at radius 3 is 2.56 bits per heavy atom. The van der Waals surface area contributed by atoms with E-state index in [4.69, 9.17) is 9.47 Å². The van der Waals surface area contributed by atoms with Gasteiger partial charge < -0.3 is 20.1 Å². The van der Waals surface area contributed by atoms with Crippen LogP contribution in [0.1, 0.15) is 38.2 Å². The van der Waals surface area contributed by atoms with Gasteiger partial charge in [0.05, 0.1) is 0 Å². The molecule has 4 rings (SSSR count). The van der Waals surface area contributed by atoms with Crippen LogP contribution in [0.2, 0.25) is 0 Å². The molecule has 2 aromatic rings. The molecule has 9 nitrogen and oxygen atoms in total. The lowest BCUT2D eigenvalue weighted by Gasteiger charge is -2.29. The van der Waals surface area contributed by atoms with Gasteiger partial charge in [0, 0.05) is 34.3 Å². The molecule has 2 N–H and O–H groups in total. The van der Waals surface area contributed by atoms with E-state index in [1.165, 1.54) is 4.90 Å². The van der Waals surface area contributed by atoms with Crippen molar-refractivity contribution in [3.63, 3.8) is 0 Å². The van der Waals surface area contributed by atoms with Crippen molar-refractivity contribution in [2.24, 2.45) is 0 Å². The summed E-state index contributed by atoms with van der Waals surface area (Å²) in [6, 6.07) is 11.5. The molecule has 0 saturated heterocycles. The normalized spacial score (nSPS) is 16.3. The van der Waals surface area contributed by atoms with E-state index in [-0.39, 0.29) is 30.2 Å². The number of amides is 3. The van der Waals surface area contributed by atoms with E-state index in [0.717, 1.165) is 31.2 Å². The van der Waals surface area contributed by atoms with Crippen molar-refractivity contribution in [3.8, 4) is 11.5 Å². The predicted octanol–water partition coefficient (Wildman–Crippen LogP) is 2.89. The fraction of sp³-hybridized carbons (Fsp3) is 0.423. The van der Waals surface area contributed by atoms with Gasteiger partial charge in [-0.3, -0.25) is 23.5 Å². The summed E-state index contributed by atoms with van der Waals surface area (Å²) in [5.41, 5.74) is 1.96. The van der Waals surface area contributed by atoms with Crippen molar-refractivity contribution in [2.75, 3.05) is 28.5 Å². The highest BCUT2D eigenvalue weighted by Crippen LogP contribution is 2.34. The van der Waals surface area contributed by atoms with Crippen molar-refractivity contribution in [1.29, 1.82) is 0 Å². The summed E-state index contributed by atoms with van der Waals surface area (Å²) in [4.78, 5) is 40.1. The van der Waals surface area contributed by atoms with Crippen LogP contribution in [-0.2, 0) is 25.2 Å². The van der Waals surface area contributed by atoms with Crippen LogP contribution in [0.4, 0.5) is 11.4 Å². The summed E-state index contributed by atoms with van der Waals surface area (Å²) in [6.45, 7) is 3.68. The lowest BCUT2D eigenvalue weighted by atomic mass is 10.1. The second-order valence-electron chi connectivity index (χ2n) is 9.11. The summed E-state index contributed by atoms with van der Waals surface area (Å²) in [7, 11) is -1.78. The first kappa shape index (κ1) is 25.7. The zero-order valence-electron chi connectivity index (χ0n) is 20.5. The maximum atomic E-state index is 13.3. The van der Waals surface area contributed by atoms with Gasteiger partial charge in [0.1, 0.15) is 17.5 Å². The average Bonchev–Trinajstić information content (AvgIpc) is 3.50. The quantitative estimate of drug-likeness (QED) is 0.533. The molecule has 0 aromatic heterocycles. The Morgan fingerprint density at radius 1 is 1.06 bits per heavy atom. The smallest absolute Gasteiger partial charge is 0.243 e. The number of carbonyl (C=O) groups is 3. The van der Waals surface area contributed by atoms with Gasteiger partial charge in [-0.25, -0.2) is 0 Å². The highest BCUT2D eigenvalue weighted by Gasteiger charge is 2.30. The summed E-state index contributed by atoms with van der Waals surface area (Å²) in [6.07, 6.45) is 4.01. The maximum Gasteiger partial charge on any atom is 0.243 e. The predicted molar refractivity (Wildman–Crippen MR) is 138 cm³/mol. The minimum atomic E-state index is -1.78. The van der Waals surface area contributed by atoms with Gasteiger partial charge in [0.25, 0.3) is 0 Å². The molecule has 36 heavy (non-hydrogen) atoms. The van der Waals surface area contributed by atoms with Crippen LogP contribution >= 0.6 is 0 Å².